The van der Waals surface area contributed by atoms with Crippen molar-refractivity contribution in [2.24, 2.45) is 0 Å². The zero-order chi connectivity index (χ0) is 11.5. The second-order valence-corrected chi connectivity index (χ2v) is 6.21. The Hall–Kier alpha value is -0.710. The fourth-order valence-corrected chi connectivity index (χ4v) is 2.97. The van der Waals surface area contributed by atoms with Crippen molar-refractivity contribution in [3.63, 3.8) is 0 Å². The quantitative estimate of drug-likeness (QED) is 0.941. The number of halogens is 1. The van der Waals surface area contributed by atoms with Crippen molar-refractivity contribution in [1.29, 1.82) is 0 Å². The van der Waals surface area contributed by atoms with Crippen molar-refractivity contribution in [3.05, 3.63) is 50.4 Å². The highest BCUT2D eigenvalue weighted by atomic mass is 79.9. The molecule has 0 amide bonds. The number of aryl methyl sites for hydroxylation is 1. The molecule has 1 N–H and O–H groups in total. The highest BCUT2D eigenvalue weighted by molar-refractivity contribution is 9.11. The molecule has 0 bridgehead atoms. The Bertz CT molecular complexity index is 466. The number of pyridine rings is 1. The topological polar surface area (TPSA) is 33.1 Å². The van der Waals surface area contributed by atoms with Gasteiger partial charge in [-0.3, -0.25) is 4.98 Å². The number of thiophene rings is 1. The van der Waals surface area contributed by atoms with Crippen LogP contribution in [0.2, 0.25) is 0 Å². The monoisotopic (exact) mass is 297 g/mol. The largest absolute Gasteiger partial charge is 0.388 e. The van der Waals surface area contributed by atoms with Crippen LogP contribution < -0.4 is 0 Å². The summed E-state index contributed by atoms with van der Waals surface area (Å²) < 4.78 is 1.09. The van der Waals surface area contributed by atoms with E-state index in [2.05, 4.69) is 20.9 Å². The smallest absolute Gasteiger partial charge is 0.0853 e. The van der Waals surface area contributed by atoms with E-state index < -0.39 is 6.10 Å². The van der Waals surface area contributed by atoms with Crippen molar-refractivity contribution in [1.82, 2.24) is 4.98 Å². The molecule has 0 aromatic carbocycles. The number of aliphatic hydroxyl groups is 1. The first kappa shape index (κ1) is 11.8. The van der Waals surface area contributed by atoms with Crippen LogP contribution in [0.25, 0.3) is 0 Å². The highest BCUT2D eigenvalue weighted by Gasteiger charge is 2.10. The molecular weight excluding hydrogens is 286 g/mol. The van der Waals surface area contributed by atoms with E-state index in [4.69, 9.17) is 0 Å². The molecule has 4 heteroatoms. The van der Waals surface area contributed by atoms with Gasteiger partial charge in [-0.05, 0) is 46.6 Å². The number of hydrogen-bond acceptors (Lipinski definition) is 3. The molecule has 2 nitrogen and oxygen atoms in total. The Kier molecular flexibility index (Phi) is 3.74. The summed E-state index contributed by atoms with van der Waals surface area (Å²) in [6, 6.07) is 7.87. The molecule has 2 aromatic heterocycles. The molecule has 0 saturated carbocycles. The van der Waals surface area contributed by atoms with Gasteiger partial charge in [0, 0.05) is 23.2 Å². The van der Waals surface area contributed by atoms with Gasteiger partial charge in [-0.15, -0.1) is 11.3 Å². The maximum Gasteiger partial charge on any atom is 0.0853 e. The van der Waals surface area contributed by atoms with Crippen LogP contribution >= 0.6 is 27.3 Å². The molecule has 2 heterocycles. The molecule has 2 aromatic rings. The molecule has 0 radical (unpaired) electrons. The molecule has 0 aliphatic carbocycles. The fourth-order valence-electron chi connectivity index (χ4n) is 1.45. The molecule has 84 valence electrons. The summed E-state index contributed by atoms with van der Waals surface area (Å²) in [4.78, 5) is 5.35. The Balaban J connectivity index is 2.08. The standard InChI is InChI=1S/C12H12BrNOS/c1-8-2-3-9(7-14-8)11(15)6-10-4-5-12(13)16-10/h2-5,7,11,15H,6H2,1H3. The second-order valence-electron chi connectivity index (χ2n) is 3.66. The number of aliphatic hydroxyl groups excluding tert-OH is 1. The first-order valence-electron chi connectivity index (χ1n) is 5.00. The van der Waals surface area contributed by atoms with E-state index in [1.807, 2.05) is 31.2 Å². The first-order valence-corrected chi connectivity index (χ1v) is 6.61. The summed E-state index contributed by atoms with van der Waals surface area (Å²) in [5.41, 5.74) is 1.84. The van der Waals surface area contributed by atoms with E-state index in [0.29, 0.717) is 6.42 Å². The van der Waals surface area contributed by atoms with Crippen LogP contribution in [-0.2, 0) is 6.42 Å². The van der Waals surface area contributed by atoms with Gasteiger partial charge in [0.1, 0.15) is 0 Å². The predicted molar refractivity (Wildman–Crippen MR) is 69.7 cm³/mol. The van der Waals surface area contributed by atoms with Crippen molar-refractivity contribution < 1.29 is 5.11 Å². The number of hydrogen-bond donors (Lipinski definition) is 1. The van der Waals surface area contributed by atoms with Crippen LogP contribution in [-0.4, -0.2) is 10.1 Å². The normalized spacial score (nSPS) is 12.7. The van der Waals surface area contributed by atoms with Gasteiger partial charge >= 0.3 is 0 Å². The van der Waals surface area contributed by atoms with Gasteiger partial charge in [0.05, 0.1) is 9.89 Å². The zero-order valence-electron chi connectivity index (χ0n) is 8.85. The third-order valence-corrected chi connectivity index (χ3v) is 3.99. The van der Waals surface area contributed by atoms with Gasteiger partial charge in [0.25, 0.3) is 0 Å². The van der Waals surface area contributed by atoms with E-state index in [9.17, 15) is 5.11 Å². The molecule has 2 rings (SSSR count). The number of aromatic nitrogens is 1. The summed E-state index contributed by atoms with van der Waals surface area (Å²) in [7, 11) is 0. The van der Waals surface area contributed by atoms with Gasteiger partial charge < -0.3 is 5.11 Å². The molecule has 0 fully saturated rings. The van der Waals surface area contributed by atoms with Crippen LogP contribution in [0, 0.1) is 6.92 Å². The minimum absolute atomic E-state index is 0.473. The first-order chi connectivity index (χ1) is 7.65. The van der Waals surface area contributed by atoms with Gasteiger partial charge in [-0.1, -0.05) is 6.07 Å². The van der Waals surface area contributed by atoms with Gasteiger partial charge in [-0.2, -0.15) is 0 Å². The fraction of sp³-hybridized carbons (Fsp3) is 0.250. The molecule has 0 spiro atoms. The van der Waals surface area contributed by atoms with Crippen LogP contribution in [0.5, 0.6) is 0 Å². The van der Waals surface area contributed by atoms with Crippen molar-refractivity contribution in [2.45, 2.75) is 19.4 Å². The van der Waals surface area contributed by atoms with Gasteiger partial charge in [0.2, 0.25) is 0 Å². The Morgan fingerprint density at radius 2 is 2.19 bits per heavy atom. The van der Waals surface area contributed by atoms with E-state index in [0.717, 1.165) is 15.0 Å². The van der Waals surface area contributed by atoms with Crippen LogP contribution in [0.4, 0.5) is 0 Å². The Labute approximate surface area is 107 Å². The average molecular weight is 298 g/mol. The second kappa shape index (κ2) is 5.08. The third-order valence-electron chi connectivity index (χ3n) is 2.34. The third kappa shape index (κ3) is 2.90. The summed E-state index contributed by atoms with van der Waals surface area (Å²) in [5.74, 6) is 0. The van der Waals surface area contributed by atoms with E-state index >= 15 is 0 Å². The van der Waals surface area contributed by atoms with Crippen LogP contribution in [0.1, 0.15) is 22.2 Å². The predicted octanol–water partition coefficient (Wildman–Crippen LogP) is 3.49. The summed E-state index contributed by atoms with van der Waals surface area (Å²) >= 11 is 5.06. The van der Waals surface area contributed by atoms with E-state index in [1.165, 1.54) is 4.88 Å². The molecular formula is C12H12BrNOS. The molecule has 0 aliphatic heterocycles. The van der Waals surface area contributed by atoms with Gasteiger partial charge in [0.15, 0.2) is 0 Å². The molecule has 16 heavy (non-hydrogen) atoms. The highest BCUT2D eigenvalue weighted by Crippen LogP contribution is 2.26. The van der Waals surface area contributed by atoms with Crippen molar-refractivity contribution >= 4 is 27.3 Å². The lowest BCUT2D eigenvalue weighted by molar-refractivity contribution is 0.179. The lowest BCUT2D eigenvalue weighted by Crippen LogP contribution is -2.01. The molecule has 0 saturated heterocycles. The van der Waals surface area contributed by atoms with E-state index in [1.54, 1.807) is 17.5 Å². The van der Waals surface area contributed by atoms with Gasteiger partial charge in [-0.25, -0.2) is 0 Å². The lowest BCUT2D eigenvalue weighted by atomic mass is 10.1. The summed E-state index contributed by atoms with van der Waals surface area (Å²) in [5, 5.41) is 10.0. The molecule has 1 atom stereocenters. The number of rotatable bonds is 3. The van der Waals surface area contributed by atoms with E-state index in [-0.39, 0.29) is 0 Å². The summed E-state index contributed by atoms with van der Waals surface area (Å²) in [6.45, 7) is 1.94. The van der Waals surface area contributed by atoms with Crippen molar-refractivity contribution in [2.75, 3.05) is 0 Å². The summed E-state index contributed by atoms with van der Waals surface area (Å²) in [6.07, 6.45) is 1.91. The zero-order valence-corrected chi connectivity index (χ0v) is 11.3. The Morgan fingerprint density at radius 3 is 2.75 bits per heavy atom. The molecule has 0 aliphatic rings. The molecule has 1 unspecified atom stereocenters. The number of nitrogens with zero attached hydrogens (tertiary/aromatic N) is 1. The average Bonchev–Trinajstić information content (AvgIpc) is 2.65. The van der Waals surface area contributed by atoms with Crippen LogP contribution in [0.15, 0.2) is 34.2 Å². The van der Waals surface area contributed by atoms with Crippen molar-refractivity contribution in [3.8, 4) is 0 Å². The minimum Gasteiger partial charge on any atom is -0.388 e. The minimum atomic E-state index is -0.473. The van der Waals surface area contributed by atoms with Crippen LogP contribution in [0.3, 0.4) is 0 Å². The Morgan fingerprint density at radius 1 is 1.38 bits per heavy atom. The lowest BCUT2D eigenvalue weighted by Gasteiger charge is -2.09. The maximum atomic E-state index is 10.0. The maximum absolute atomic E-state index is 10.0. The SMILES string of the molecule is Cc1ccc(C(O)Cc2ccc(Br)s2)cn1.